The standard InChI is InChI=1S/C20H23N7O2/c1-15-14-16(29-2)4-5-17(15)22-20(28)26-12-10-25(11-13-26)18-6-7-19(24-23-18)27-9-3-8-21-27/h3-9,14H,10-13H2,1-2H3,(H,22,28). The van der Waals surface area contributed by atoms with Gasteiger partial charge in [0, 0.05) is 44.3 Å². The van der Waals surface area contributed by atoms with Gasteiger partial charge in [0.1, 0.15) is 5.75 Å². The van der Waals surface area contributed by atoms with Crippen LogP contribution in [0.15, 0.2) is 48.8 Å². The minimum absolute atomic E-state index is 0.0990. The summed E-state index contributed by atoms with van der Waals surface area (Å²) in [4.78, 5) is 16.6. The number of rotatable bonds is 4. The Kier molecular flexibility index (Phi) is 5.28. The predicted molar refractivity (Wildman–Crippen MR) is 110 cm³/mol. The fourth-order valence-electron chi connectivity index (χ4n) is 3.25. The predicted octanol–water partition coefficient (Wildman–Crippen LogP) is 2.33. The van der Waals surface area contributed by atoms with E-state index in [1.165, 1.54) is 0 Å². The molecule has 0 unspecified atom stereocenters. The number of piperazine rings is 1. The molecule has 4 rings (SSSR count). The second-order valence-electron chi connectivity index (χ2n) is 6.79. The van der Waals surface area contributed by atoms with Gasteiger partial charge in [-0.15, -0.1) is 10.2 Å². The lowest BCUT2D eigenvalue weighted by Crippen LogP contribution is -2.50. The van der Waals surface area contributed by atoms with Gasteiger partial charge in [-0.2, -0.15) is 5.10 Å². The molecule has 2 amide bonds. The minimum atomic E-state index is -0.0990. The molecule has 150 valence electrons. The Hall–Kier alpha value is -3.62. The number of amides is 2. The van der Waals surface area contributed by atoms with Crippen molar-refractivity contribution >= 4 is 17.5 Å². The van der Waals surface area contributed by atoms with E-state index in [0.717, 1.165) is 22.8 Å². The van der Waals surface area contributed by atoms with Crippen LogP contribution < -0.4 is 15.0 Å². The molecule has 3 aromatic rings. The SMILES string of the molecule is COc1ccc(NC(=O)N2CCN(c3ccc(-n4cccn4)nn3)CC2)c(C)c1. The fraction of sp³-hybridized carbons (Fsp3) is 0.300. The van der Waals surface area contributed by atoms with E-state index in [2.05, 4.69) is 25.5 Å². The van der Waals surface area contributed by atoms with Crippen LogP contribution in [0.25, 0.3) is 5.82 Å². The first-order chi connectivity index (χ1) is 14.1. The summed E-state index contributed by atoms with van der Waals surface area (Å²) in [7, 11) is 1.63. The van der Waals surface area contributed by atoms with Crippen molar-refractivity contribution in [3.05, 3.63) is 54.4 Å². The number of nitrogens with zero attached hydrogens (tertiary/aromatic N) is 6. The number of carbonyl (C=O) groups is 1. The molecule has 0 aliphatic carbocycles. The molecule has 1 aliphatic rings. The topological polar surface area (TPSA) is 88.4 Å². The van der Waals surface area contributed by atoms with Crippen LogP contribution in [0.4, 0.5) is 16.3 Å². The Morgan fingerprint density at radius 3 is 2.45 bits per heavy atom. The largest absolute Gasteiger partial charge is 0.497 e. The molecule has 0 radical (unpaired) electrons. The molecule has 0 saturated carbocycles. The van der Waals surface area contributed by atoms with Crippen molar-refractivity contribution in [3.63, 3.8) is 0 Å². The molecule has 0 atom stereocenters. The number of anilines is 2. The number of nitrogens with one attached hydrogen (secondary N) is 1. The highest BCUT2D eigenvalue weighted by Crippen LogP contribution is 2.22. The van der Waals surface area contributed by atoms with Crippen LogP contribution in [0.5, 0.6) is 5.75 Å². The van der Waals surface area contributed by atoms with Crippen LogP contribution in [-0.4, -0.2) is 64.2 Å². The van der Waals surface area contributed by atoms with Crippen LogP contribution >= 0.6 is 0 Å². The van der Waals surface area contributed by atoms with Gasteiger partial charge in [0.25, 0.3) is 0 Å². The molecule has 1 aromatic carbocycles. The molecule has 29 heavy (non-hydrogen) atoms. The molecule has 0 bridgehead atoms. The van der Waals surface area contributed by atoms with Gasteiger partial charge in [-0.1, -0.05) is 0 Å². The Morgan fingerprint density at radius 1 is 1.07 bits per heavy atom. The van der Waals surface area contributed by atoms with Gasteiger partial charge < -0.3 is 19.9 Å². The van der Waals surface area contributed by atoms with Crippen molar-refractivity contribution in [2.45, 2.75) is 6.92 Å². The molecule has 0 spiro atoms. The Morgan fingerprint density at radius 2 is 1.83 bits per heavy atom. The third kappa shape index (κ3) is 4.13. The van der Waals surface area contributed by atoms with E-state index in [-0.39, 0.29) is 6.03 Å². The molecule has 1 aliphatic heterocycles. The Labute approximate surface area is 168 Å². The van der Waals surface area contributed by atoms with Crippen molar-refractivity contribution in [1.29, 1.82) is 0 Å². The number of hydrogen-bond donors (Lipinski definition) is 1. The highest BCUT2D eigenvalue weighted by molar-refractivity contribution is 5.90. The molecule has 2 aromatic heterocycles. The fourth-order valence-corrected chi connectivity index (χ4v) is 3.25. The maximum Gasteiger partial charge on any atom is 0.321 e. The van der Waals surface area contributed by atoms with Gasteiger partial charge in [-0.25, -0.2) is 9.48 Å². The van der Waals surface area contributed by atoms with Crippen molar-refractivity contribution < 1.29 is 9.53 Å². The van der Waals surface area contributed by atoms with Gasteiger partial charge in [-0.05, 0) is 48.9 Å². The van der Waals surface area contributed by atoms with E-state index >= 15 is 0 Å². The lowest BCUT2D eigenvalue weighted by Gasteiger charge is -2.35. The molecule has 3 heterocycles. The maximum atomic E-state index is 12.6. The summed E-state index contributed by atoms with van der Waals surface area (Å²) in [5.41, 5.74) is 1.75. The van der Waals surface area contributed by atoms with Crippen molar-refractivity contribution in [2.75, 3.05) is 43.5 Å². The Balaban J connectivity index is 1.33. The lowest BCUT2D eigenvalue weighted by atomic mass is 10.2. The molecular weight excluding hydrogens is 370 g/mol. The van der Waals surface area contributed by atoms with Crippen LogP contribution in [-0.2, 0) is 0 Å². The quantitative estimate of drug-likeness (QED) is 0.732. The normalized spacial score (nSPS) is 14.0. The summed E-state index contributed by atoms with van der Waals surface area (Å²) in [6, 6.07) is 11.2. The summed E-state index contributed by atoms with van der Waals surface area (Å²) < 4.78 is 6.88. The number of methoxy groups -OCH3 is 1. The first-order valence-electron chi connectivity index (χ1n) is 9.43. The van der Waals surface area contributed by atoms with E-state index in [1.807, 2.05) is 54.4 Å². The molecule has 1 N–H and O–H groups in total. The maximum absolute atomic E-state index is 12.6. The summed E-state index contributed by atoms with van der Waals surface area (Å²) in [5.74, 6) is 2.24. The smallest absolute Gasteiger partial charge is 0.321 e. The van der Waals surface area contributed by atoms with Gasteiger partial charge in [0.2, 0.25) is 0 Å². The van der Waals surface area contributed by atoms with E-state index in [1.54, 1.807) is 18.0 Å². The first kappa shape index (κ1) is 18.7. The summed E-state index contributed by atoms with van der Waals surface area (Å²) >= 11 is 0. The monoisotopic (exact) mass is 393 g/mol. The summed E-state index contributed by atoms with van der Waals surface area (Å²) in [6.07, 6.45) is 3.53. The van der Waals surface area contributed by atoms with Gasteiger partial charge in [-0.3, -0.25) is 0 Å². The zero-order valence-corrected chi connectivity index (χ0v) is 16.4. The Bertz CT molecular complexity index is 965. The van der Waals surface area contributed by atoms with E-state index in [9.17, 15) is 4.79 Å². The van der Waals surface area contributed by atoms with E-state index in [4.69, 9.17) is 4.74 Å². The molecular formula is C20H23N7O2. The molecule has 1 fully saturated rings. The summed E-state index contributed by atoms with van der Waals surface area (Å²) in [6.45, 7) is 4.57. The van der Waals surface area contributed by atoms with Gasteiger partial charge in [0.05, 0.1) is 7.11 Å². The number of benzene rings is 1. The van der Waals surface area contributed by atoms with E-state index in [0.29, 0.717) is 32.0 Å². The number of carbonyl (C=O) groups excluding carboxylic acids is 1. The third-order valence-corrected chi connectivity index (χ3v) is 4.94. The molecule has 1 saturated heterocycles. The summed E-state index contributed by atoms with van der Waals surface area (Å²) in [5, 5.41) is 15.7. The second kappa shape index (κ2) is 8.17. The second-order valence-corrected chi connectivity index (χ2v) is 6.79. The third-order valence-electron chi connectivity index (χ3n) is 4.94. The van der Waals surface area contributed by atoms with Crippen LogP contribution in [0.1, 0.15) is 5.56 Å². The average Bonchev–Trinajstić information content (AvgIpc) is 3.30. The molecule has 9 heteroatoms. The van der Waals surface area contributed by atoms with Gasteiger partial charge >= 0.3 is 6.03 Å². The van der Waals surface area contributed by atoms with Crippen molar-refractivity contribution in [2.24, 2.45) is 0 Å². The van der Waals surface area contributed by atoms with Crippen LogP contribution in [0, 0.1) is 6.92 Å². The number of urea groups is 1. The average molecular weight is 393 g/mol. The van der Waals surface area contributed by atoms with Gasteiger partial charge in [0.15, 0.2) is 11.6 Å². The number of aromatic nitrogens is 4. The van der Waals surface area contributed by atoms with Crippen LogP contribution in [0.2, 0.25) is 0 Å². The van der Waals surface area contributed by atoms with Crippen LogP contribution in [0.3, 0.4) is 0 Å². The lowest BCUT2D eigenvalue weighted by molar-refractivity contribution is 0.208. The number of ether oxygens (including phenoxy) is 1. The highest BCUT2D eigenvalue weighted by atomic mass is 16.5. The zero-order valence-electron chi connectivity index (χ0n) is 16.4. The number of aryl methyl sites for hydroxylation is 1. The number of hydrogen-bond acceptors (Lipinski definition) is 6. The zero-order chi connectivity index (χ0) is 20.2. The van der Waals surface area contributed by atoms with Crippen molar-refractivity contribution in [3.8, 4) is 11.6 Å². The highest BCUT2D eigenvalue weighted by Gasteiger charge is 2.22. The minimum Gasteiger partial charge on any atom is -0.497 e. The van der Waals surface area contributed by atoms with E-state index < -0.39 is 0 Å². The molecule has 9 nitrogen and oxygen atoms in total. The van der Waals surface area contributed by atoms with Crippen molar-refractivity contribution in [1.82, 2.24) is 24.9 Å². The first-order valence-corrected chi connectivity index (χ1v) is 9.43.